The van der Waals surface area contributed by atoms with Crippen LogP contribution in [0.2, 0.25) is 10.0 Å². The molecular weight excluding hydrogens is 377 g/mol. The van der Waals surface area contributed by atoms with Crippen LogP contribution in [0.25, 0.3) is 6.08 Å². The van der Waals surface area contributed by atoms with Gasteiger partial charge in [-0.2, -0.15) is 0 Å². The van der Waals surface area contributed by atoms with Gasteiger partial charge in [-0.05, 0) is 48.9 Å². The second-order valence-corrected chi connectivity index (χ2v) is 6.11. The van der Waals surface area contributed by atoms with Crippen LogP contribution >= 0.6 is 23.2 Å². The lowest BCUT2D eigenvalue weighted by molar-refractivity contribution is -0.142. The smallest absolute Gasteiger partial charge is 0.343 e. The van der Waals surface area contributed by atoms with E-state index in [-0.39, 0.29) is 12.5 Å². The molecule has 0 unspecified atom stereocenters. The first kappa shape index (κ1) is 19.8. The number of hydrogen-bond donors (Lipinski definition) is 1. The molecule has 0 aliphatic carbocycles. The number of carbonyl (C=O) groups is 2. The molecule has 0 aliphatic rings. The average molecular weight is 394 g/mol. The topological polar surface area (TPSA) is 64.6 Å². The van der Waals surface area contributed by atoms with Crippen molar-refractivity contribution in [2.45, 2.75) is 6.92 Å². The van der Waals surface area contributed by atoms with Gasteiger partial charge in [-0.3, -0.25) is 4.79 Å². The van der Waals surface area contributed by atoms with Crippen LogP contribution in [0.4, 0.5) is 5.69 Å². The number of nitrogens with one attached hydrogen (secondary N) is 1. The first-order valence-electron chi connectivity index (χ1n) is 7.64. The highest BCUT2D eigenvalue weighted by Crippen LogP contribution is 2.26. The van der Waals surface area contributed by atoms with Gasteiger partial charge in [-0.25, -0.2) is 4.79 Å². The second-order valence-electron chi connectivity index (χ2n) is 5.30. The van der Waals surface area contributed by atoms with E-state index in [1.54, 1.807) is 42.5 Å². The Hall–Kier alpha value is -2.50. The van der Waals surface area contributed by atoms with Crippen LogP contribution in [-0.2, 0) is 14.3 Å². The summed E-state index contributed by atoms with van der Waals surface area (Å²) in [5.74, 6) is -0.292. The van der Waals surface area contributed by atoms with Crippen LogP contribution in [0.3, 0.4) is 0 Å². The Morgan fingerprint density at radius 3 is 2.46 bits per heavy atom. The van der Waals surface area contributed by atoms with E-state index in [9.17, 15) is 9.59 Å². The molecule has 2 aromatic carbocycles. The highest BCUT2D eigenvalue weighted by Gasteiger charge is 2.07. The number of amides is 1. The lowest BCUT2D eigenvalue weighted by atomic mass is 10.2. The molecule has 0 radical (unpaired) electrons. The third kappa shape index (κ3) is 5.51. The molecule has 0 saturated heterocycles. The average Bonchev–Trinajstić information content (AvgIpc) is 2.61. The zero-order valence-electron chi connectivity index (χ0n) is 14.2. The van der Waals surface area contributed by atoms with Gasteiger partial charge in [0.2, 0.25) is 5.91 Å². The van der Waals surface area contributed by atoms with Crippen molar-refractivity contribution in [3.05, 3.63) is 63.6 Å². The van der Waals surface area contributed by atoms with Crippen molar-refractivity contribution in [1.82, 2.24) is 0 Å². The third-order valence-corrected chi connectivity index (χ3v) is 4.10. The van der Waals surface area contributed by atoms with Crippen molar-refractivity contribution in [1.29, 1.82) is 0 Å². The minimum absolute atomic E-state index is 0.178. The van der Waals surface area contributed by atoms with Gasteiger partial charge in [-0.15, -0.1) is 0 Å². The number of aryl methyl sites for hydroxylation is 1. The first-order valence-corrected chi connectivity index (χ1v) is 8.39. The van der Waals surface area contributed by atoms with Crippen LogP contribution in [-0.4, -0.2) is 25.6 Å². The molecule has 0 bridgehead atoms. The van der Waals surface area contributed by atoms with Crippen molar-refractivity contribution < 1.29 is 19.1 Å². The molecule has 0 spiro atoms. The van der Waals surface area contributed by atoms with Crippen LogP contribution in [0.1, 0.15) is 11.1 Å². The van der Waals surface area contributed by atoms with Crippen molar-refractivity contribution in [3.8, 4) is 5.75 Å². The summed E-state index contributed by atoms with van der Waals surface area (Å²) in [6.07, 6.45) is 2.91. The van der Waals surface area contributed by atoms with E-state index in [0.717, 1.165) is 5.56 Å². The fourth-order valence-electron chi connectivity index (χ4n) is 2.07. The van der Waals surface area contributed by atoms with Gasteiger partial charge in [0.25, 0.3) is 0 Å². The SMILES string of the molecule is COC(=O)COc1ccc(NC(=O)C=Cc2c(Cl)cccc2Cl)c(C)c1. The Morgan fingerprint density at radius 2 is 1.85 bits per heavy atom. The summed E-state index contributed by atoms with van der Waals surface area (Å²) in [6, 6.07) is 10.2. The zero-order valence-corrected chi connectivity index (χ0v) is 15.7. The van der Waals surface area contributed by atoms with E-state index < -0.39 is 5.97 Å². The number of halogens is 2. The molecule has 0 heterocycles. The standard InChI is InChI=1S/C19H17Cl2NO4/c1-12-10-13(26-11-19(24)25-2)6-8-17(12)22-18(23)9-7-14-15(20)4-3-5-16(14)21/h3-10H,11H2,1-2H3,(H,22,23). The van der Waals surface area contributed by atoms with Gasteiger partial charge in [0.1, 0.15) is 5.75 Å². The monoisotopic (exact) mass is 393 g/mol. The van der Waals surface area contributed by atoms with E-state index >= 15 is 0 Å². The maximum atomic E-state index is 12.1. The molecule has 0 aliphatic heterocycles. The number of methoxy groups -OCH3 is 1. The van der Waals surface area contributed by atoms with E-state index in [4.69, 9.17) is 27.9 Å². The highest BCUT2D eigenvalue weighted by molar-refractivity contribution is 6.37. The fraction of sp³-hybridized carbons (Fsp3) is 0.158. The summed E-state index contributed by atoms with van der Waals surface area (Å²) < 4.78 is 9.81. The molecule has 1 amide bonds. The minimum atomic E-state index is -0.469. The molecular formula is C19H17Cl2NO4. The van der Waals surface area contributed by atoms with Gasteiger partial charge in [0.05, 0.1) is 7.11 Å². The summed E-state index contributed by atoms with van der Waals surface area (Å²) in [4.78, 5) is 23.2. The maximum absolute atomic E-state index is 12.1. The number of hydrogen-bond acceptors (Lipinski definition) is 4. The second kappa shape index (κ2) is 9.27. The fourth-order valence-corrected chi connectivity index (χ4v) is 2.59. The Kier molecular flexibility index (Phi) is 7.06. The minimum Gasteiger partial charge on any atom is -0.482 e. The van der Waals surface area contributed by atoms with Crippen molar-refractivity contribution in [3.63, 3.8) is 0 Å². The Morgan fingerprint density at radius 1 is 1.15 bits per heavy atom. The van der Waals surface area contributed by atoms with Gasteiger partial charge < -0.3 is 14.8 Å². The normalized spacial score (nSPS) is 10.6. The molecule has 0 fully saturated rings. The number of ether oxygens (including phenoxy) is 2. The van der Waals surface area contributed by atoms with Crippen LogP contribution in [0.5, 0.6) is 5.75 Å². The van der Waals surface area contributed by atoms with E-state index in [1.807, 2.05) is 6.92 Å². The van der Waals surface area contributed by atoms with Crippen LogP contribution < -0.4 is 10.1 Å². The van der Waals surface area contributed by atoms with Crippen LogP contribution in [0, 0.1) is 6.92 Å². The summed E-state index contributed by atoms with van der Waals surface area (Å²) in [5.41, 5.74) is 1.98. The van der Waals surface area contributed by atoms with Gasteiger partial charge in [0, 0.05) is 27.4 Å². The lowest BCUT2D eigenvalue weighted by Gasteiger charge is -2.10. The number of carbonyl (C=O) groups excluding carboxylic acids is 2. The lowest BCUT2D eigenvalue weighted by Crippen LogP contribution is -2.13. The molecule has 5 nitrogen and oxygen atoms in total. The van der Waals surface area contributed by atoms with Crippen molar-refractivity contribution in [2.24, 2.45) is 0 Å². The molecule has 0 atom stereocenters. The molecule has 136 valence electrons. The molecule has 2 aromatic rings. The quantitative estimate of drug-likeness (QED) is 0.579. The highest BCUT2D eigenvalue weighted by atomic mass is 35.5. The molecule has 2 rings (SSSR count). The van der Waals surface area contributed by atoms with Crippen LogP contribution in [0.15, 0.2) is 42.5 Å². The van der Waals surface area contributed by atoms with E-state index in [0.29, 0.717) is 27.0 Å². The predicted octanol–water partition coefficient (Wildman–Crippen LogP) is 4.51. The Bertz CT molecular complexity index is 829. The van der Waals surface area contributed by atoms with Gasteiger partial charge in [-0.1, -0.05) is 29.3 Å². The summed E-state index contributed by atoms with van der Waals surface area (Å²) in [6.45, 7) is 1.64. The number of rotatable bonds is 6. The molecule has 1 N–H and O–H groups in total. The number of anilines is 1. The first-order chi connectivity index (χ1) is 12.4. The van der Waals surface area contributed by atoms with Crippen molar-refractivity contribution >= 4 is 46.8 Å². The molecule has 7 heteroatoms. The molecule has 0 aromatic heterocycles. The molecule has 26 heavy (non-hydrogen) atoms. The van der Waals surface area contributed by atoms with E-state index in [2.05, 4.69) is 10.1 Å². The maximum Gasteiger partial charge on any atom is 0.343 e. The van der Waals surface area contributed by atoms with Gasteiger partial charge >= 0.3 is 5.97 Å². The predicted molar refractivity (Wildman–Crippen MR) is 103 cm³/mol. The number of benzene rings is 2. The number of esters is 1. The Labute approximate surface area is 161 Å². The zero-order chi connectivity index (χ0) is 19.1. The molecule has 0 saturated carbocycles. The van der Waals surface area contributed by atoms with Crippen molar-refractivity contribution in [2.75, 3.05) is 19.0 Å². The summed E-state index contributed by atoms with van der Waals surface area (Å²) >= 11 is 12.1. The Balaban J connectivity index is 2.02. The third-order valence-electron chi connectivity index (χ3n) is 3.44. The largest absolute Gasteiger partial charge is 0.482 e. The van der Waals surface area contributed by atoms with E-state index in [1.165, 1.54) is 13.2 Å². The van der Waals surface area contributed by atoms with Gasteiger partial charge in [0.15, 0.2) is 6.61 Å². The summed E-state index contributed by atoms with van der Waals surface area (Å²) in [5, 5.41) is 3.69. The summed E-state index contributed by atoms with van der Waals surface area (Å²) in [7, 11) is 1.29.